The van der Waals surface area contributed by atoms with Crippen LogP contribution in [0.5, 0.6) is 0 Å². The van der Waals surface area contributed by atoms with Gasteiger partial charge in [0.05, 0.1) is 5.52 Å². The fourth-order valence-electron chi connectivity index (χ4n) is 2.12. The van der Waals surface area contributed by atoms with Gasteiger partial charge in [0, 0.05) is 16.1 Å². The first-order valence-corrected chi connectivity index (χ1v) is 6.95. The molecule has 0 unspecified atom stereocenters. The Kier molecular flexibility index (Phi) is 3.59. The van der Waals surface area contributed by atoms with Crippen molar-refractivity contribution < 1.29 is 4.79 Å². The molecule has 0 fully saturated rings. The van der Waals surface area contributed by atoms with Gasteiger partial charge in [0.25, 0.3) is 5.91 Å². The van der Waals surface area contributed by atoms with E-state index in [1.165, 1.54) is 0 Å². The molecule has 3 aromatic rings. The molecule has 0 bridgehead atoms. The third-order valence-corrected chi connectivity index (χ3v) is 3.76. The van der Waals surface area contributed by atoms with Gasteiger partial charge in [0.15, 0.2) is 0 Å². The minimum absolute atomic E-state index is 0.244. The van der Waals surface area contributed by atoms with Crippen molar-refractivity contribution in [2.24, 2.45) is 0 Å². The monoisotopic (exact) mass is 296 g/mol. The number of benzene rings is 2. The highest BCUT2D eigenvalue weighted by Crippen LogP contribution is 2.23. The standard InChI is InChI=1S/C17H13ClN2O/c1-11-13(18)6-4-8-14(11)20-17(21)16-10-9-12-5-2-3-7-15(12)19-16/h2-10H,1H3,(H,20,21). The third kappa shape index (κ3) is 2.73. The van der Waals surface area contributed by atoms with Crippen molar-refractivity contribution in [1.82, 2.24) is 4.98 Å². The lowest BCUT2D eigenvalue weighted by Crippen LogP contribution is -2.14. The smallest absolute Gasteiger partial charge is 0.274 e. The first-order chi connectivity index (χ1) is 10.1. The second kappa shape index (κ2) is 5.54. The molecule has 104 valence electrons. The van der Waals surface area contributed by atoms with Crippen LogP contribution in [0.4, 0.5) is 5.69 Å². The SMILES string of the molecule is Cc1c(Cl)cccc1NC(=O)c1ccc2ccccc2n1. The van der Waals surface area contributed by atoms with Crippen molar-refractivity contribution in [2.75, 3.05) is 5.32 Å². The van der Waals surface area contributed by atoms with Crippen LogP contribution in [0.25, 0.3) is 10.9 Å². The molecule has 0 saturated heterocycles. The van der Waals surface area contributed by atoms with Gasteiger partial charge in [-0.3, -0.25) is 4.79 Å². The molecule has 1 aromatic heterocycles. The normalized spacial score (nSPS) is 10.6. The summed E-state index contributed by atoms with van der Waals surface area (Å²) < 4.78 is 0. The maximum Gasteiger partial charge on any atom is 0.274 e. The number of fused-ring (bicyclic) bond motifs is 1. The van der Waals surface area contributed by atoms with Gasteiger partial charge in [0.2, 0.25) is 0 Å². The molecule has 2 aromatic carbocycles. The van der Waals surface area contributed by atoms with Gasteiger partial charge in [0.1, 0.15) is 5.69 Å². The molecule has 3 nitrogen and oxygen atoms in total. The van der Waals surface area contributed by atoms with E-state index in [0.717, 1.165) is 16.5 Å². The molecule has 0 atom stereocenters. The van der Waals surface area contributed by atoms with Crippen LogP contribution in [0.2, 0.25) is 5.02 Å². The van der Waals surface area contributed by atoms with Gasteiger partial charge in [-0.05, 0) is 36.8 Å². The highest BCUT2D eigenvalue weighted by molar-refractivity contribution is 6.31. The van der Waals surface area contributed by atoms with Crippen LogP contribution < -0.4 is 5.32 Å². The quantitative estimate of drug-likeness (QED) is 0.759. The minimum Gasteiger partial charge on any atom is -0.320 e. The molecule has 0 aliphatic rings. The van der Waals surface area contributed by atoms with Crippen LogP contribution >= 0.6 is 11.6 Å². The van der Waals surface area contributed by atoms with E-state index < -0.39 is 0 Å². The molecular weight excluding hydrogens is 284 g/mol. The molecule has 0 radical (unpaired) electrons. The predicted octanol–water partition coefficient (Wildman–Crippen LogP) is 4.45. The van der Waals surface area contributed by atoms with E-state index in [-0.39, 0.29) is 5.91 Å². The summed E-state index contributed by atoms with van der Waals surface area (Å²) in [7, 11) is 0. The number of anilines is 1. The van der Waals surface area contributed by atoms with Crippen LogP contribution in [0, 0.1) is 6.92 Å². The first-order valence-electron chi connectivity index (χ1n) is 6.57. The van der Waals surface area contributed by atoms with Gasteiger partial charge in [-0.15, -0.1) is 0 Å². The number of halogens is 1. The maximum atomic E-state index is 12.3. The van der Waals surface area contributed by atoms with Gasteiger partial charge < -0.3 is 5.32 Å². The molecule has 0 aliphatic heterocycles. The number of nitrogens with zero attached hydrogens (tertiary/aromatic N) is 1. The lowest BCUT2D eigenvalue weighted by Gasteiger charge is -2.09. The number of amides is 1. The molecule has 1 amide bonds. The molecule has 21 heavy (non-hydrogen) atoms. The van der Waals surface area contributed by atoms with E-state index in [1.807, 2.05) is 43.3 Å². The predicted molar refractivity (Wildman–Crippen MR) is 85.9 cm³/mol. The lowest BCUT2D eigenvalue weighted by atomic mass is 10.2. The van der Waals surface area contributed by atoms with Crippen LogP contribution in [0.15, 0.2) is 54.6 Å². The molecule has 3 rings (SSSR count). The molecular formula is C17H13ClN2O. The molecule has 4 heteroatoms. The largest absolute Gasteiger partial charge is 0.320 e. The molecule has 1 N–H and O–H groups in total. The second-order valence-electron chi connectivity index (χ2n) is 4.76. The fraction of sp³-hybridized carbons (Fsp3) is 0.0588. The van der Waals surface area contributed by atoms with Crippen molar-refractivity contribution in [3.05, 3.63) is 70.9 Å². The zero-order valence-corrected chi connectivity index (χ0v) is 12.2. The number of hydrogen-bond donors (Lipinski definition) is 1. The number of carbonyl (C=O) groups excluding carboxylic acids is 1. The van der Waals surface area contributed by atoms with Crippen LogP contribution in [0.3, 0.4) is 0 Å². The average molecular weight is 297 g/mol. The Morgan fingerprint density at radius 1 is 1.05 bits per heavy atom. The number of nitrogens with one attached hydrogen (secondary N) is 1. The minimum atomic E-state index is -0.244. The van der Waals surface area contributed by atoms with Crippen LogP contribution in [-0.2, 0) is 0 Å². The molecule has 1 heterocycles. The number of hydrogen-bond acceptors (Lipinski definition) is 2. The Labute approximate surface area is 127 Å². The topological polar surface area (TPSA) is 42.0 Å². The van der Waals surface area contributed by atoms with Gasteiger partial charge in [-0.2, -0.15) is 0 Å². The summed E-state index contributed by atoms with van der Waals surface area (Å²) in [4.78, 5) is 16.7. The van der Waals surface area contributed by atoms with E-state index in [1.54, 1.807) is 18.2 Å². The average Bonchev–Trinajstić information content (AvgIpc) is 2.51. The van der Waals surface area contributed by atoms with E-state index in [9.17, 15) is 4.79 Å². The van der Waals surface area contributed by atoms with Gasteiger partial charge >= 0.3 is 0 Å². The van der Waals surface area contributed by atoms with Crippen molar-refractivity contribution in [3.8, 4) is 0 Å². The van der Waals surface area contributed by atoms with E-state index in [4.69, 9.17) is 11.6 Å². The Balaban J connectivity index is 1.91. The maximum absolute atomic E-state index is 12.3. The summed E-state index contributed by atoms with van der Waals surface area (Å²) in [6.07, 6.45) is 0. The van der Waals surface area contributed by atoms with Crippen molar-refractivity contribution in [2.45, 2.75) is 6.92 Å². The summed E-state index contributed by atoms with van der Waals surface area (Å²) in [6, 6.07) is 16.7. The van der Waals surface area contributed by atoms with E-state index in [2.05, 4.69) is 10.3 Å². The van der Waals surface area contributed by atoms with E-state index >= 15 is 0 Å². The first kappa shape index (κ1) is 13.6. The summed E-state index contributed by atoms with van der Waals surface area (Å²) in [5.41, 5.74) is 2.72. The molecule has 0 aliphatic carbocycles. The van der Waals surface area contributed by atoms with Crippen LogP contribution in [-0.4, -0.2) is 10.9 Å². The number of rotatable bonds is 2. The highest BCUT2D eigenvalue weighted by Gasteiger charge is 2.10. The molecule has 0 saturated carbocycles. The summed E-state index contributed by atoms with van der Waals surface area (Å²) in [5.74, 6) is -0.244. The van der Waals surface area contributed by atoms with Gasteiger partial charge in [-0.25, -0.2) is 4.98 Å². The van der Waals surface area contributed by atoms with Crippen molar-refractivity contribution in [1.29, 1.82) is 0 Å². The number of aromatic nitrogens is 1. The summed E-state index contributed by atoms with van der Waals surface area (Å²) >= 11 is 6.05. The van der Waals surface area contributed by atoms with Crippen molar-refractivity contribution in [3.63, 3.8) is 0 Å². The lowest BCUT2D eigenvalue weighted by molar-refractivity contribution is 0.102. The summed E-state index contributed by atoms with van der Waals surface area (Å²) in [6.45, 7) is 1.87. The Hall–Kier alpha value is -2.39. The summed E-state index contributed by atoms with van der Waals surface area (Å²) in [5, 5.41) is 4.48. The second-order valence-corrected chi connectivity index (χ2v) is 5.16. The third-order valence-electron chi connectivity index (χ3n) is 3.35. The Bertz CT molecular complexity index is 830. The van der Waals surface area contributed by atoms with Gasteiger partial charge in [-0.1, -0.05) is 41.9 Å². The van der Waals surface area contributed by atoms with Crippen molar-refractivity contribution >= 4 is 34.1 Å². The highest BCUT2D eigenvalue weighted by atomic mass is 35.5. The fourth-order valence-corrected chi connectivity index (χ4v) is 2.30. The number of pyridine rings is 1. The zero-order chi connectivity index (χ0) is 14.8. The Morgan fingerprint density at radius 2 is 1.86 bits per heavy atom. The van der Waals surface area contributed by atoms with E-state index in [0.29, 0.717) is 16.4 Å². The molecule has 0 spiro atoms. The Morgan fingerprint density at radius 3 is 2.71 bits per heavy atom. The number of carbonyl (C=O) groups is 1. The van der Waals surface area contributed by atoms with Crippen LogP contribution in [0.1, 0.15) is 16.1 Å². The zero-order valence-electron chi connectivity index (χ0n) is 11.4. The number of para-hydroxylation sites is 1.